The second-order valence-electron chi connectivity index (χ2n) is 6.38. The maximum atomic E-state index is 10.6. The number of aliphatic hydroxyl groups excluding tert-OH is 1. The van der Waals surface area contributed by atoms with E-state index < -0.39 is 6.10 Å². The molecule has 0 bridgehead atoms. The van der Waals surface area contributed by atoms with Crippen molar-refractivity contribution in [2.45, 2.75) is 33.0 Å². The second kappa shape index (κ2) is 6.64. The van der Waals surface area contributed by atoms with Gasteiger partial charge in [-0.05, 0) is 59.7 Å². The van der Waals surface area contributed by atoms with Gasteiger partial charge >= 0.3 is 0 Å². The van der Waals surface area contributed by atoms with E-state index in [9.17, 15) is 5.11 Å². The number of rotatable bonds is 5. The number of nitrogens with zero attached hydrogens (tertiary/aromatic N) is 7. The molecule has 0 radical (unpaired) electrons. The van der Waals surface area contributed by atoms with E-state index in [1.54, 1.807) is 17.2 Å². The first-order valence-electron chi connectivity index (χ1n) is 8.39. The lowest BCUT2D eigenvalue weighted by atomic mass is 10.1. The number of imidazole rings is 1. The van der Waals surface area contributed by atoms with Crippen LogP contribution in [0.4, 0.5) is 0 Å². The largest absolute Gasteiger partial charge is 0.389 e. The van der Waals surface area contributed by atoms with E-state index in [1.807, 2.05) is 22.8 Å². The van der Waals surface area contributed by atoms with Crippen molar-refractivity contribution in [1.29, 1.82) is 0 Å². The smallest absolute Gasteiger partial charge is 0.200 e. The lowest BCUT2D eigenvalue weighted by molar-refractivity contribution is 0.131. The molecule has 0 spiro atoms. The number of aromatic nitrogens is 7. The predicted octanol–water partition coefficient (Wildman–Crippen LogP) is 1.76. The van der Waals surface area contributed by atoms with Crippen molar-refractivity contribution in [3.05, 3.63) is 54.0 Å². The maximum Gasteiger partial charge on any atom is 0.200 e. The van der Waals surface area contributed by atoms with Gasteiger partial charge in [0, 0.05) is 6.20 Å². The zero-order valence-electron chi connectivity index (χ0n) is 14.6. The van der Waals surface area contributed by atoms with Crippen LogP contribution in [-0.2, 0) is 13.1 Å². The van der Waals surface area contributed by atoms with Crippen LogP contribution in [0.3, 0.4) is 0 Å². The summed E-state index contributed by atoms with van der Waals surface area (Å²) in [6.07, 6.45) is 2.78. The van der Waals surface area contributed by atoms with Crippen LogP contribution in [0.15, 0.2) is 42.9 Å². The molecule has 0 aliphatic rings. The van der Waals surface area contributed by atoms with E-state index in [1.165, 1.54) is 11.1 Å². The van der Waals surface area contributed by atoms with Crippen molar-refractivity contribution in [3.8, 4) is 11.5 Å². The molecule has 3 heterocycles. The van der Waals surface area contributed by atoms with E-state index in [4.69, 9.17) is 0 Å². The maximum absolute atomic E-state index is 10.6. The summed E-state index contributed by atoms with van der Waals surface area (Å²) in [5.74, 6) is 0.534. The minimum absolute atomic E-state index is 0.267. The van der Waals surface area contributed by atoms with Crippen molar-refractivity contribution in [3.63, 3.8) is 0 Å². The van der Waals surface area contributed by atoms with Crippen LogP contribution in [0.1, 0.15) is 11.1 Å². The van der Waals surface area contributed by atoms with E-state index in [0.717, 1.165) is 11.0 Å². The molecule has 0 aliphatic carbocycles. The number of fused-ring (bicyclic) bond motifs is 1. The zero-order chi connectivity index (χ0) is 18.1. The molecule has 4 rings (SSSR count). The first kappa shape index (κ1) is 16.3. The van der Waals surface area contributed by atoms with E-state index in [-0.39, 0.29) is 6.54 Å². The topological polar surface area (TPSA) is 94.5 Å². The molecular weight excluding hydrogens is 330 g/mol. The Kier molecular flexibility index (Phi) is 4.18. The van der Waals surface area contributed by atoms with Gasteiger partial charge in [0.25, 0.3) is 0 Å². The van der Waals surface area contributed by atoms with Crippen molar-refractivity contribution in [1.82, 2.24) is 34.7 Å². The van der Waals surface area contributed by atoms with Crippen molar-refractivity contribution < 1.29 is 5.11 Å². The fraction of sp³-hybridized carbons (Fsp3) is 0.278. The van der Waals surface area contributed by atoms with Gasteiger partial charge < -0.3 is 9.67 Å². The number of tetrazole rings is 1. The molecule has 0 saturated heterocycles. The quantitative estimate of drug-likeness (QED) is 0.590. The summed E-state index contributed by atoms with van der Waals surface area (Å²) in [5, 5.41) is 22.3. The molecule has 8 nitrogen and oxygen atoms in total. The minimum Gasteiger partial charge on any atom is -0.389 e. The van der Waals surface area contributed by atoms with Crippen LogP contribution < -0.4 is 0 Å². The summed E-state index contributed by atoms with van der Waals surface area (Å²) < 4.78 is 3.53. The average molecular weight is 349 g/mol. The van der Waals surface area contributed by atoms with Crippen LogP contribution in [0.5, 0.6) is 0 Å². The fourth-order valence-electron chi connectivity index (χ4n) is 2.95. The third-order valence-corrected chi connectivity index (χ3v) is 4.45. The van der Waals surface area contributed by atoms with Crippen LogP contribution in [0, 0.1) is 13.8 Å². The monoisotopic (exact) mass is 349 g/mol. The minimum atomic E-state index is -0.667. The summed E-state index contributed by atoms with van der Waals surface area (Å²) in [6.45, 7) is 4.81. The summed E-state index contributed by atoms with van der Waals surface area (Å²) in [7, 11) is 0. The first-order chi connectivity index (χ1) is 12.6. The Morgan fingerprint density at radius 2 is 1.92 bits per heavy atom. The molecule has 132 valence electrons. The van der Waals surface area contributed by atoms with Crippen LogP contribution in [-0.4, -0.2) is 46.0 Å². The van der Waals surface area contributed by atoms with E-state index >= 15 is 0 Å². The Bertz CT molecular complexity index is 1040. The molecule has 0 amide bonds. The highest BCUT2D eigenvalue weighted by Crippen LogP contribution is 2.19. The second-order valence-corrected chi connectivity index (χ2v) is 6.38. The number of hydrogen-bond donors (Lipinski definition) is 1. The summed E-state index contributed by atoms with van der Waals surface area (Å²) in [4.78, 5) is 8.69. The Morgan fingerprint density at radius 1 is 1.08 bits per heavy atom. The highest BCUT2D eigenvalue weighted by molar-refractivity contribution is 5.77. The summed E-state index contributed by atoms with van der Waals surface area (Å²) >= 11 is 0. The highest BCUT2D eigenvalue weighted by Gasteiger charge is 2.15. The molecule has 26 heavy (non-hydrogen) atoms. The van der Waals surface area contributed by atoms with Gasteiger partial charge in [0.2, 0.25) is 5.82 Å². The average Bonchev–Trinajstić information content (AvgIpc) is 3.24. The van der Waals surface area contributed by atoms with Gasteiger partial charge in [-0.1, -0.05) is 6.07 Å². The Balaban J connectivity index is 1.55. The summed E-state index contributed by atoms with van der Waals surface area (Å²) in [5.41, 5.74) is 5.01. The third kappa shape index (κ3) is 3.06. The van der Waals surface area contributed by atoms with Gasteiger partial charge in [0.15, 0.2) is 0 Å². The molecule has 0 aliphatic heterocycles. The van der Waals surface area contributed by atoms with Gasteiger partial charge in [-0.2, -0.15) is 0 Å². The van der Waals surface area contributed by atoms with Crippen LogP contribution >= 0.6 is 0 Å². The number of aliphatic hydroxyl groups is 1. The number of hydrogen-bond acceptors (Lipinski definition) is 6. The number of benzene rings is 1. The number of aryl methyl sites for hydroxylation is 2. The zero-order valence-corrected chi connectivity index (χ0v) is 14.6. The predicted molar refractivity (Wildman–Crippen MR) is 96.3 cm³/mol. The molecule has 0 fully saturated rings. The highest BCUT2D eigenvalue weighted by atomic mass is 16.3. The standard InChI is InChI=1S/C18H19N7O/c1-12-7-16-17(8-13(12)2)24(11-20-16)9-14(26)10-25-18(21-22-23-25)15-5-3-4-6-19-15/h3-8,11,14,26H,9-10H2,1-2H3. The summed E-state index contributed by atoms with van der Waals surface area (Å²) in [6, 6.07) is 9.71. The lowest BCUT2D eigenvalue weighted by Gasteiger charge is -2.13. The molecule has 1 unspecified atom stereocenters. The van der Waals surface area contributed by atoms with Gasteiger partial charge in [-0.3, -0.25) is 4.98 Å². The van der Waals surface area contributed by atoms with Crippen LogP contribution in [0.25, 0.3) is 22.6 Å². The molecule has 1 aromatic carbocycles. The molecular formula is C18H19N7O. The van der Waals surface area contributed by atoms with Crippen molar-refractivity contribution in [2.75, 3.05) is 0 Å². The first-order valence-corrected chi connectivity index (χ1v) is 8.39. The fourth-order valence-corrected chi connectivity index (χ4v) is 2.95. The molecule has 1 atom stereocenters. The third-order valence-electron chi connectivity index (χ3n) is 4.45. The van der Waals surface area contributed by atoms with E-state index in [2.05, 4.69) is 51.5 Å². The molecule has 3 aromatic heterocycles. The SMILES string of the molecule is Cc1cc2ncn(CC(O)Cn3nnnc3-c3ccccn3)c2cc1C. The normalized spacial score (nSPS) is 12.6. The molecule has 0 saturated carbocycles. The Labute approximate surface area is 150 Å². The Hall–Kier alpha value is -3.13. The Morgan fingerprint density at radius 3 is 2.73 bits per heavy atom. The van der Waals surface area contributed by atoms with Crippen molar-refractivity contribution >= 4 is 11.0 Å². The van der Waals surface area contributed by atoms with Gasteiger partial charge in [-0.25, -0.2) is 9.67 Å². The van der Waals surface area contributed by atoms with Crippen molar-refractivity contribution in [2.24, 2.45) is 0 Å². The molecule has 1 N–H and O–H groups in total. The van der Waals surface area contributed by atoms with Gasteiger partial charge in [0.05, 0.1) is 36.6 Å². The number of pyridine rings is 1. The lowest BCUT2D eigenvalue weighted by Crippen LogP contribution is -2.23. The molecule has 4 aromatic rings. The van der Waals surface area contributed by atoms with Gasteiger partial charge in [0.1, 0.15) is 5.69 Å². The molecule has 8 heteroatoms. The van der Waals surface area contributed by atoms with Gasteiger partial charge in [-0.15, -0.1) is 5.10 Å². The van der Waals surface area contributed by atoms with E-state index in [0.29, 0.717) is 18.1 Å². The van der Waals surface area contributed by atoms with Crippen LogP contribution in [0.2, 0.25) is 0 Å².